The number of aromatic nitrogens is 2. The lowest BCUT2D eigenvalue weighted by molar-refractivity contribution is 1.10. The van der Waals surface area contributed by atoms with Gasteiger partial charge in [-0.2, -0.15) is 0 Å². The van der Waals surface area contributed by atoms with Gasteiger partial charge in [-0.25, -0.2) is 4.98 Å². The van der Waals surface area contributed by atoms with E-state index < -0.39 is 0 Å². The quantitative estimate of drug-likeness (QED) is 0.239. The Labute approximate surface area is 220 Å². The highest BCUT2D eigenvalue weighted by atomic mass is 32.1. The zero-order valence-corrected chi connectivity index (χ0v) is 21.9. The number of benzene rings is 5. The Morgan fingerprint density at radius 3 is 2.22 bits per heavy atom. The highest BCUT2D eigenvalue weighted by molar-refractivity contribution is 7.18. The smallest absolute Gasteiger partial charge is 0.147 e. The Kier molecular flexibility index (Phi) is 5.02. The Balaban J connectivity index is 1.51. The van der Waals surface area contributed by atoms with Gasteiger partial charge in [0.15, 0.2) is 0 Å². The van der Waals surface area contributed by atoms with Gasteiger partial charge in [-0.05, 0) is 89.7 Å². The van der Waals surface area contributed by atoms with Crippen LogP contribution in [0, 0.1) is 20.8 Å². The minimum Gasteiger partial charge on any atom is -0.292 e. The summed E-state index contributed by atoms with van der Waals surface area (Å²) in [6.07, 6.45) is 0. The van der Waals surface area contributed by atoms with Crippen LogP contribution in [0.4, 0.5) is 0 Å². The minimum atomic E-state index is 0.994. The first kappa shape index (κ1) is 22.0. The van der Waals surface area contributed by atoms with Crippen LogP contribution in [0.3, 0.4) is 0 Å². The summed E-state index contributed by atoms with van der Waals surface area (Å²) in [4.78, 5) is 5.20. The lowest BCUT2D eigenvalue weighted by Crippen LogP contribution is -2.00. The van der Waals surface area contributed by atoms with Crippen LogP contribution in [-0.4, -0.2) is 9.55 Å². The van der Waals surface area contributed by atoms with Crippen molar-refractivity contribution in [1.29, 1.82) is 0 Å². The van der Waals surface area contributed by atoms with E-state index in [0.29, 0.717) is 0 Å². The van der Waals surface area contributed by atoms with E-state index in [-0.39, 0.29) is 0 Å². The van der Waals surface area contributed by atoms with E-state index in [1.165, 1.54) is 54.2 Å². The molecule has 0 N–H and O–H groups in total. The maximum absolute atomic E-state index is 5.20. The van der Waals surface area contributed by atoms with Crippen molar-refractivity contribution in [2.75, 3.05) is 0 Å². The Morgan fingerprint density at radius 2 is 1.41 bits per heavy atom. The monoisotopic (exact) mass is 494 g/mol. The maximum Gasteiger partial charge on any atom is 0.147 e. The molecule has 0 aliphatic carbocycles. The molecule has 0 fully saturated rings. The van der Waals surface area contributed by atoms with E-state index in [2.05, 4.69) is 128 Å². The van der Waals surface area contributed by atoms with Crippen molar-refractivity contribution in [3.8, 4) is 28.2 Å². The molecule has 2 heterocycles. The van der Waals surface area contributed by atoms with Gasteiger partial charge in [-0.15, -0.1) is 11.3 Å². The van der Waals surface area contributed by atoms with Crippen LogP contribution in [0.1, 0.15) is 16.7 Å². The highest BCUT2D eigenvalue weighted by Crippen LogP contribution is 2.41. The number of hydrogen-bond donors (Lipinski definition) is 0. The van der Waals surface area contributed by atoms with Crippen LogP contribution in [0.5, 0.6) is 0 Å². The Bertz CT molecular complexity index is 1930. The zero-order valence-electron chi connectivity index (χ0n) is 21.1. The van der Waals surface area contributed by atoms with E-state index in [1.54, 1.807) is 0 Å². The zero-order chi connectivity index (χ0) is 25.1. The third-order valence-corrected chi connectivity index (χ3v) is 8.59. The summed E-state index contributed by atoms with van der Waals surface area (Å²) in [5.41, 5.74) is 10.9. The Hall–Kier alpha value is -4.21. The molecule has 0 atom stereocenters. The van der Waals surface area contributed by atoms with Crippen molar-refractivity contribution < 1.29 is 0 Å². The molecule has 0 aliphatic heterocycles. The molecule has 0 spiro atoms. The van der Waals surface area contributed by atoms with Gasteiger partial charge in [0.05, 0.1) is 11.0 Å². The fraction of sp³-hybridized carbons (Fsp3) is 0.0882. The average molecular weight is 495 g/mol. The van der Waals surface area contributed by atoms with Crippen LogP contribution in [0.2, 0.25) is 0 Å². The van der Waals surface area contributed by atoms with Crippen molar-refractivity contribution in [2.45, 2.75) is 20.8 Å². The fourth-order valence-corrected chi connectivity index (χ4v) is 6.86. The Morgan fingerprint density at radius 1 is 0.703 bits per heavy atom. The molecule has 178 valence electrons. The molecule has 3 heteroatoms. The highest BCUT2D eigenvalue weighted by Gasteiger charge is 2.20. The first-order valence-electron chi connectivity index (χ1n) is 12.6. The summed E-state index contributed by atoms with van der Waals surface area (Å²) in [6.45, 7) is 6.67. The molecule has 0 unspecified atom stereocenters. The predicted molar refractivity (Wildman–Crippen MR) is 159 cm³/mol. The summed E-state index contributed by atoms with van der Waals surface area (Å²) in [5.74, 6) is 0.994. The van der Waals surface area contributed by atoms with Crippen LogP contribution in [0.25, 0.3) is 60.1 Å². The summed E-state index contributed by atoms with van der Waals surface area (Å²) < 4.78 is 3.68. The van der Waals surface area contributed by atoms with Gasteiger partial charge in [-0.3, -0.25) is 4.57 Å². The van der Waals surface area contributed by atoms with Crippen LogP contribution in [-0.2, 0) is 0 Å². The van der Waals surface area contributed by atoms with Crippen LogP contribution < -0.4 is 0 Å². The fourth-order valence-electron chi connectivity index (χ4n) is 5.81. The third-order valence-electron chi connectivity index (χ3n) is 7.47. The number of para-hydroxylation sites is 2. The third kappa shape index (κ3) is 3.42. The number of rotatable bonds is 3. The first-order chi connectivity index (χ1) is 18.1. The van der Waals surface area contributed by atoms with Crippen molar-refractivity contribution in [1.82, 2.24) is 9.55 Å². The first-order valence-corrected chi connectivity index (χ1v) is 13.5. The molecule has 2 nitrogen and oxygen atoms in total. The van der Waals surface area contributed by atoms with E-state index in [9.17, 15) is 0 Å². The predicted octanol–water partition coefficient (Wildman–Crippen LogP) is 9.65. The SMILES string of the molecule is Cc1cc(-n2c(-c3csc4c(C)c5ccccc5cc34)nc3ccccc32)cc(C)c1-c1ccccc1. The van der Waals surface area contributed by atoms with E-state index in [1.807, 2.05) is 11.3 Å². The lowest BCUT2D eigenvalue weighted by Gasteiger charge is -2.16. The molecule has 0 bridgehead atoms. The normalized spacial score (nSPS) is 11.6. The molecule has 5 aromatic carbocycles. The number of imidazole rings is 1. The molecule has 7 aromatic rings. The summed E-state index contributed by atoms with van der Waals surface area (Å²) in [6, 6.07) is 34.8. The summed E-state index contributed by atoms with van der Waals surface area (Å²) >= 11 is 1.82. The van der Waals surface area contributed by atoms with E-state index >= 15 is 0 Å². The topological polar surface area (TPSA) is 17.8 Å². The van der Waals surface area contributed by atoms with Crippen molar-refractivity contribution >= 4 is 43.2 Å². The van der Waals surface area contributed by atoms with Gasteiger partial charge in [-0.1, -0.05) is 66.7 Å². The van der Waals surface area contributed by atoms with E-state index in [0.717, 1.165) is 22.5 Å². The number of hydrogen-bond acceptors (Lipinski definition) is 2. The number of aryl methyl sites for hydroxylation is 3. The number of thiophene rings is 1. The molecule has 0 radical (unpaired) electrons. The second kappa shape index (κ2) is 8.43. The maximum atomic E-state index is 5.20. The number of fused-ring (bicyclic) bond motifs is 3. The standard InChI is InChI=1S/C34H26N2S/c1-21-17-26(18-22(2)32(21)24-11-5-4-6-12-24)36-31-16-10-9-15-30(31)35-34(36)29-20-37-33-23(3)27-14-8-7-13-25(27)19-28(29)33/h4-20H,1-3H3. The van der Waals surface area contributed by atoms with Gasteiger partial charge >= 0.3 is 0 Å². The van der Waals surface area contributed by atoms with Crippen molar-refractivity contribution in [3.05, 3.63) is 119 Å². The molecule has 0 saturated heterocycles. The van der Waals surface area contributed by atoms with Gasteiger partial charge in [0.1, 0.15) is 5.82 Å². The number of nitrogens with zero attached hydrogens (tertiary/aromatic N) is 2. The molecule has 7 rings (SSSR count). The van der Waals surface area contributed by atoms with Gasteiger partial charge in [0, 0.05) is 26.7 Å². The average Bonchev–Trinajstić information content (AvgIpc) is 3.50. The van der Waals surface area contributed by atoms with Crippen molar-refractivity contribution in [3.63, 3.8) is 0 Å². The minimum absolute atomic E-state index is 0.994. The van der Waals surface area contributed by atoms with Crippen LogP contribution >= 0.6 is 11.3 Å². The second-order valence-corrected chi connectivity index (χ2v) is 10.7. The van der Waals surface area contributed by atoms with Crippen molar-refractivity contribution in [2.24, 2.45) is 0 Å². The summed E-state index contributed by atoms with van der Waals surface area (Å²) in [7, 11) is 0. The molecular weight excluding hydrogens is 468 g/mol. The van der Waals surface area contributed by atoms with E-state index in [4.69, 9.17) is 4.98 Å². The van der Waals surface area contributed by atoms with Gasteiger partial charge < -0.3 is 0 Å². The molecule has 0 aliphatic rings. The molecule has 0 amide bonds. The molecule has 0 saturated carbocycles. The largest absolute Gasteiger partial charge is 0.292 e. The van der Waals surface area contributed by atoms with Crippen LogP contribution in [0.15, 0.2) is 102 Å². The molecule has 37 heavy (non-hydrogen) atoms. The lowest BCUT2D eigenvalue weighted by atomic mass is 9.95. The molecular formula is C34H26N2S. The van der Waals surface area contributed by atoms with Gasteiger partial charge in [0.25, 0.3) is 0 Å². The summed E-state index contributed by atoms with van der Waals surface area (Å²) in [5, 5.41) is 6.15. The molecule has 2 aromatic heterocycles. The second-order valence-electron chi connectivity index (χ2n) is 9.83. The van der Waals surface area contributed by atoms with Gasteiger partial charge in [0.2, 0.25) is 0 Å².